The number of hydrogen-bond donors (Lipinski definition) is 14. The molecule has 5 unspecified atom stereocenters. The number of aliphatic carboxylic acids is 2. The van der Waals surface area contributed by atoms with Gasteiger partial charge in [-0.3, -0.25) is 74.5 Å². The van der Waals surface area contributed by atoms with Crippen molar-refractivity contribution >= 4 is 142 Å². The maximum Gasteiger partial charge on any atom is 0.305 e. The number of aldehydes is 1. The zero-order valence-electron chi connectivity index (χ0n) is 43.4. The number of carboxylic acids is 2. The van der Waals surface area contributed by atoms with Crippen LogP contribution in [0.3, 0.4) is 0 Å². The van der Waals surface area contributed by atoms with E-state index in [2.05, 4.69) is 55.2 Å². The van der Waals surface area contributed by atoms with Crippen molar-refractivity contribution in [1.29, 1.82) is 0 Å². The van der Waals surface area contributed by atoms with Crippen LogP contribution in [-0.4, -0.2) is 195 Å². The molecule has 32 heteroatoms. The van der Waals surface area contributed by atoms with Crippen LogP contribution in [0.4, 0.5) is 0 Å². The SMILES string of the molecule is C[C@@H]1NC(=O)[C@@H]2CCCN2C(=O)[C@H](CC(=O)O)NC2SSC(=O)[C@H](CS)NC3N[C@@H](CCC(=O)O)C(=O)N[C@@H](Cc4ccc(O)cc4)C(=O)C2SSC(N[C@H](C=O)Cc2ccc(O)cc2)C(=O)CNC(=O)[C@H]([C@@H](C)O)NC(SS3)C1=O. The van der Waals surface area contributed by atoms with E-state index in [1.807, 2.05) is 0 Å². The lowest BCUT2D eigenvalue weighted by molar-refractivity contribution is -0.145. The molecule has 0 saturated carbocycles. The Kier molecular flexibility index (Phi) is 25.4. The first kappa shape index (κ1) is 65.6. The highest BCUT2D eigenvalue weighted by Gasteiger charge is 2.45. The summed E-state index contributed by atoms with van der Waals surface area (Å²) in [5, 5.41) is 67.6. The topological polar surface area (TPSA) is 388 Å². The van der Waals surface area contributed by atoms with Crippen LogP contribution >= 0.6 is 77.4 Å². The molecule has 0 aliphatic carbocycles. The molecule has 2 aromatic rings. The standard InChI is InChI=1S/C49H63N9O16S7/c1-22-38(68)45-57-37(23(2)60)43(72)50-19-34(63)44(52-26(20-59)16-24-5-9-27(61)10-6-24)77-76-40-39(69)30(17-25-7-11-28(62)12-8-25)53-41(70)29(13-14-35(64)65)55-49(81-78-45)56-32(21-75)48(74)80-79-46(40)54-31(18-36(66)67)47(73)58-15-3-4-33(58)42(71)51-22/h5-12,20,22-23,26,29-33,37,40,44-46,49,52,54-57,60-62,75H,3-4,13-19,21H2,1-2H3,(H,50,72)(H,51,71)(H,53,70)(H,64,65)(H,66,67)/t22-,23+,26-,29-,30-,31-,32-,33-,37-,40?,44?,45?,46?,49?/m0/s1. The number of carboxylic acid groups (broad SMARTS) is 2. The predicted octanol–water partition coefficient (Wildman–Crippen LogP) is -0.331. The fraction of sp³-hybridized carbons (Fsp3) is 0.531. The number of amides is 4. The summed E-state index contributed by atoms with van der Waals surface area (Å²) in [7, 11) is 4.09. The Morgan fingerprint density at radius 3 is 2.07 bits per heavy atom. The Labute approximate surface area is 494 Å². The van der Waals surface area contributed by atoms with E-state index in [4.69, 9.17) is 0 Å². The van der Waals surface area contributed by atoms with Crippen molar-refractivity contribution in [2.24, 2.45) is 0 Å². The first-order chi connectivity index (χ1) is 38.5. The van der Waals surface area contributed by atoms with E-state index < -0.39 is 165 Å². The van der Waals surface area contributed by atoms with Gasteiger partial charge in [0.15, 0.2) is 17.3 Å². The molecule has 5 aliphatic heterocycles. The number of aliphatic hydroxyl groups excluding tert-OH is 1. The number of hydrogen-bond acceptors (Lipinski definition) is 26. The average molecular weight is 1260 g/mol. The van der Waals surface area contributed by atoms with Crippen LogP contribution in [0.15, 0.2) is 48.5 Å². The summed E-state index contributed by atoms with van der Waals surface area (Å²) >= 11 is 4.46. The molecule has 13 N–H and O–H groups in total. The summed E-state index contributed by atoms with van der Waals surface area (Å²) in [6.45, 7) is 1.71. The Bertz CT molecular complexity index is 2630. The molecule has 4 bridgehead atoms. The van der Waals surface area contributed by atoms with Gasteiger partial charge >= 0.3 is 11.9 Å². The van der Waals surface area contributed by atoms with Crippen LogP contribution < -0.4 is 42.5 Å². The minimum Gasteiger partial charge on any atom is -0.508 e. The van der Waals surface area contributed by atoms with Gasteiger partial charge in [0, 0.05) is 18.7 Å². The van der Waals surface area contributed by atoms with Crippen molar-refractivity contribution in [2.45, 2.75) is 140 Å². The van der Waals surface area contributed by atoms with Crippen LogP contribution in [-0.2, 0) is 65.6 Å². The van der Waals surface area contributed by atoms with Crippen molar-refractivity contribution in [3.8, 4) is 11.5 Å². The summed E-state index contributed by atoms with van der Waals surface area (Å²) in [4.78, 5) is 158. The molecule has 4 amide bonds. The minimum atomic E-state index is -1.76. The number of aromatic hydroxyl groups is 2. The molecular weight excluding hydrogens is 1200 g/mol. The number of thiol groups is 1. The van der Waals surface area contributed by atoms with Gasteiger partial charge in [0.05, 0.1) is 60.7 Å². The van der Waals surface area contributed by atoms with E-state index in [0.29, 0.717) is 71.4 Å². The number of Topliss-reactive ketones (excluding diaryl/α,β-unsaturated/α-hetero) is 3. The normalized spacial score (nSPS) is 29.9. The third kappa shape index (κ3) is 19.0. The maximum absolute atomic E-state index is 15.9. The van der Waals surface area contributed by atoms with Gasteiger partial charge in [-0.2, -0.15) is 12.6 Å². The number of nitrogens with one attached hydrogen (secondary N) is 8. The first-order valence-corrected chi connectivity index (χ1v) is 32.8. The van der Waals surface area contributed by atoms with Crippen molar-refractivity contribution in [1.82, 2.24) is 47.4 Å². The third-order valence-electron chi connectivity index (χ3n) is 13.1. The molecule has 2 aromatic carbocycles. The van der Waals surface area contributed by atoms with Gasteiger partial charge in [-0.25, -0.2) is 0 Å². The van der Waals surface area contributed by atoms with E-state index >= 15 is 4.79 Å². The fourth-order valence-corrected chi connectivity index (χ4v) is 17.8. The second-order valence-corrected chi connectivity index (χ2v) is 27.0. The quantitative estimate of drug-likeness (QED) is 0.0654. The summed E-state index contributed by atoms with van der Waals surface area (Å²) in [6, 6.07) is -0.238. The monoisotopic (exact) mass is 1260 g/mol. The Morgan fingerprint density at radius 1 is 0.778 bits per heavy atom. The summed E-state index contributed by atoms with van der Waals surface area (Å²) < 4.78 is 0. The number of carbonyl (C=O) groups is 11. The Hall–Kier alpha value is -4.58. The third-order valence-corrected chi connectivity index (χ3v) is 21.8. The maximum atomic E-state index is 15.9. The van der Waals surface area contributed by atoms with Crippen molar-refractivity contribution in [3.05, 3.63) is 59.7 Å². The number of aliphatic hydroxyl groups is 1. The number of benzene rings is 2. The van der Waals surface area contributed by atoms with Crippen molar-refractivity contribution in [3.63, 3.8) is 0 Å². The lowest BCUT2D eigenvalue weighted by atomic mass is 9.98. The number of phenols is 2. The van der Waals surface area contributed by atoms with Crippen molar-refractivity contribution in [2.75, 3.05) is 18.8 Å². The fourth-order valence-electron chi connectivity index (χ4n) is 8.81. The van der Waals surface area contributed by atoms with Crippen LogP contribution in [0.5, 0.6) is 11.5 Å². The van der Waals surface area contributed by atoms with Gasteiger partial charge in [0.2, 0.25) is 28.7 Å². The van der Waals surface area contributed by atoms with Crippen LogP contribution in [0.2, 0.25) is 0 Å². The number of phenolic OH excluding ortho intramolecular Hbond substituents is 2. The van der Waals surface area contributed by atoms with E-state index in [-0.39, 0.29) is 49.5 Å². The molecular formula is C49H63N9O16S7. The Morgan fingerprint density at radius 2 is 1.44 bits per heavy atom. The highest BCUT2D eigenvalue weighted by atomic mass is 33.1. The largest absolute Gasteiger partial charge is 0.508 e. The molecule has 0 radical (unpaired) electrons. The molecule has 442 valence electrons. The van der Waals surface area contributed by atoms with Crippen molar-refractivity contribution < 1.29 is 78.3 Å². The Balaban J connectivity index is 1.64. The van der Waals surface area contributed by atoms with Gasteiger partial charge in [-0.1, -0.05) is 78.2 Å². The van der Waals surface area contributed by atoms with E-state index in [1.54, 1.807) is 0 Å². The second-order valence-electron chi connectivity index (χ2n) is 19.2. The molecule has 5 heterocycles. The molecule has 0 aromatic heterocycles. The lowest BCUT2D eigenvalue weighted by Gasteiger charge is -2.35. The number of nitrogens with zero attached hydrogens (tertiary/aromatic N) is 1. The average Bonchev–Trinajstić information content (AvgIpc) is 3.95. The molecule has 0 spiro atoms. The summed E-state index contributed by atoms with van der Waals surface area (Å²) in [5.41, 5.74) is -0.396. The minimum absolute atomic E-state index is 0.0537. The van der Waals surface area contributed by atoms with Gasteiger partial charge < -0.3 is 51.2 Å². The van der Waals surface area contributed by atoms with E-state index in [0.717, 1.165) is 15.7 Å². The highest BCUT2D eigenvalue weighted by Crippen LogP contribution is 2.42. The molecule has 7 rings (SSSR count). The first-order valence-electron chi connectivity index (χ1n) is 25.4. The number of carbonyl (C=O) groups excluding carboxylic acids is 9. The van der Waals surface area contributed by atoms with Crippen LogP contribution in [0.25, 0.3) is 0 Å². The predicted molar refractivity (Wildman–Crippen MR) is 311 cm³/mol. The van der Waals surface area contributed by atoms with Gasteiger partial charge in [0.1, 0.15) is 51.4 Å². The molecule has 25 nitrogen and oxygen atoms in total. The van der Waals surface area contributed by atoms with E-state index in [9.17, 15) is 73.5 Å². The summed E-state index contributed by atoms with van der Waals surface area (Å²) in [5.74, 6) is -9.40. The smallest absolute Gasteiger partial charge is 0.305 e. The number of fused-ring (bicyclic) bond motifs is 14. The zero-order valence-corrected chi connectivity index (χ0v) is 49.2. The molecule has 81 heavy (non-hydrogen) atoms. The van der Waals surface area contributed by atoms with Gasteiger partial charge in [-0.05, 0) is 92.1 Å². The molecule has 5 fully saturated rings. The molecule has 14 atom stereocenters. The number of rotatable bonds is 14. The second kappa shape index (κ2) is 31.4. The highest BCUT2D eigenvalue weighted by molar-refractivity contribution is 8.83. The number of ketones is 3. The summed E-state index contributed by atoms with van der Waals surface area (Å²) in [6.07, 6.45) is -3.13. The zero-order chi connectivity index (χ0) is 59.1. The molecule has 5 saturated heterocycles. The van der Waals surface area contributed by atoms with Gasteiger partial charge in [-0.15, -0.1) is 0 Å². The van der Waals surface area contributed by atoms with Crippen LogP contribution in [0, 0.1) is 0 Å². The lowest BCUT2D eigenvalue weighted by Crippen LogP contribution is -2.60. The van der Waals surface area contributed by atoms with Crippen LogP contribution in [0.1, 0.15) is 57.1 Å². The van der Waals surface area contributed by atoms with Gasteiger partial charge in [0.25, 0.3) is 0 Å². The molecule has 5 aliphatic rings. The van der Waals surface area contributed by atoms with E-state index in [1.165, 1.54) is 62.4 Å².